The molecule has 2 rings (SSSR count). The summed E-state index contributed by atoms with van der Waals surface area (Å²) in [6.07, 6.45) is 1.52. The van der Waals surface area contributed by atoms with Gasteiger partial charge in [-0.2, -0.15) is 5.10 Å². The summed E-state index contributed by atoms with van der Waals surface area (Å²) in [6.45, 7) is 0. The Balaban J connectivity index is 1.86. The quantitative estimate of drug-likeness (QED) is 0.379. The Bertz CT molecular complexity index is 715. The molecule has 0 aliphatic rings. The molecule has 0 amide bonds. The van der Waals surface area contributed by atoms with Crippen LogP contribution in [0.2, 0.25) is 0 Å². The number of nitro groups is 1. The Morgan fingerprint density at radius 3 is 2.43 bits per heavy atom. The molecule has 0 spiro atoms. The summed E-state index contributed by atoms with van der Waals surface area (Å²) in [7, 11) is 1.60. The van der Waals surface area contributed by atoms with Crippen molar-refractivity contribution >= 4 is 34.9 Å². The number of nitrogens with one attached hydrogen (secondary N) is 2. The van der Waals surface area contributed by atoms with Gasteiger partial charge in [0.1, 0.15) is 5.75 Å². The van der Waals surface area contributed by atoms with Crippen molar-refractivity contribution < 1.29 is 9.66 Å². The average molecular weight is 330 g/mol. The first-order valence-corrected chi connectivity index (χ1v) is 6.98. The third-order valence-corrected chi connectivity index (χ3v) is 3.02. The average Bonchev–Trinajstić information content (AvgIpc) is 2.56. The van der Waals surface area contributed by atoms with Gasteiger partial charge in [0.05, 0.1) is 18.2 Å². The lowest BCUT2D eigenvalue weighted by Gasteiger charge is -2.07. The summed E-state index contributed by atoms with van der Waals surface area (Å²) >= 11 is 5.11. The van der Waals surface area contributed by atoms with Crippen LogP contribution in [-0.2, 0) is 0 Å². The zero-order chi connectivity index (χ0) is 16.7. The smallest absolute Gasteiger partial charge is 0.269 e. The SMILES string of the molecule is COc1ccc(NC(=S)NN=Cc2ccc([N+](=O)[O-])cc2)cc1. The number of hydrogen-bond acceptors (Lipinski definition) is 5. The standard InChI is InChI=1S/C15H14N4O3S/c1-22-14-8-4-12(5-9-14)17-15(23)18-16-10-11-2-6-13(7-3-11)19(20)21/h2-10H,1H3,(H2,17,18,23). The maximum absolute atomic E-state index is 10.6. The monoisotopic (exact) mass is 330 g/mol. The number of anilines is 1. The van der Waals surface area contributed by atoms with Gasteiger partial charge in [0.15, 0.2) is 5.11 Å². The molecular formula is C15H14N4O3S. The maximum atomic E-state index is 10.6. The highest BCUT2D eigenvalue weighted by Crippen LogP contribution is 2.14. The van der Waals surface area contributed by atoms with Gasteiger partial charge in [0, 0.05) is 17.8 Å². The van der Waals surface area contributed by atoms with Crippen LogP contribution in [0.15, 0.2) is 53.6 Å². The van der Waals surface area contributed by atoms with E-state index < -0.39 is 4.92 Å². The fourth-order valence-corrected chi connectivity index (χ4v) is 1.85. The Kier molecular flexibility index (Phi) is 5.59. The van der Waals surface area contributed by atoms with E-state index in [0.717, 1.165) is 17.0 Å². The molecule has 23 heavy (non-hydrogen) atoms. The minimum Gasteiger partial charge on any atom is -0.497 e. The number of hydrazone groups is 1. The molecule has 0 saturated carbocycles. The maximum Gasteiger partial charge on any atom is 0.269 e. The van der Waals surface area contributed by atoms with E-state index in [0.29, 0.717) is 5.11 Å². The van der Waals surface area contributed by atoms with Crippen LogP contribution in [0.3, 0.4) is 0 Å². The predicted molar refractivity (Wildman–Crippen MR) is 93.0 cm³/mol. The number of nitrogens with zero attached hydrogens (tertiary/aromatic N) is 2. The molecule has 0 bridgehead atoms. The Morgan fingerprint density at radius 2 is 1.87 bits per heavy atom. The third kappa shape index (κ3) is 5.04. The number of hydrogen-bond donors (Lipinski definition) is 2. The van der Waals surface area contributed by atoms with Gasteiger partial charge in [0.25, 0.3) is 5.69 Å². The summed E-state index contributed by atoms with van der Waals surface area (Å²) in [5, 5.41) is 17.8. The fraction of sp³-hybridized carbons (Fsp3) is 0.0667. The highest BCUT2D eigenvalue weighted by Gasteiger charge is 2.02. The minimum absolute atomic E-state index is 0.0341. The first-order valence-electron chi connectivity index (χ1n) is 6.57. The second-order valence-electron chi connectivity index (χ2n) is 4.40. The van der Waals surface area contributed by atoms with Crippen molar-refractivity contribution in [1.82, 2.24) is 5.43 Å². The van der Waals surface area contributed by atoms with E-state index in [-0.39, 0.29) is 5.69 Å². The highest BCUT2D eigenvalue weighted by atomic mass is 32.1. The van der Waals surface area contributed by atoms with Crippen molar-refractivity contribution in [2.24, 2.45) is 5.10 Å². The first kappa shape index (κ1) is 16.4. The van der Waals surface area contributed by atoms with Crippen LogP contribution in [0.1, 0.15) is 5.56 Å². The van der Waals surface area contributed by atoms with E-state index in [2.05, 4.69) is 15.8 Å². The molecule has 0 unspecified atom stereocenters. The summed E-state index contributed by atoms with van der Waals surface area (Å²) in [5.41, 5.74) is 4.22. The molecule has 0 saturated heterocycles. The molecule has 118 valence electrons. The number of rotatable bonds is 5. The topological polar surface area (TPSA) is 88.8 Å². The number of ether oxygens (including phenoxy) is 1. The van der Waals surface area contributed by atoms with E-state index in [1.165, 1.54) is 18.3 Å². The minimum atomic E-state index is -0.451. The van der Waals surface area contributed by atoms with E-state index in [1.54, 1.807) is 19.2 Å². The van der Waals surface area contributed by atoms with Crippen LogP contribution in [0.5, 0.6) is 5.75 Å². The molecule has 2 N–H and O–H groups in total. The van der Waals surface area contributed by atoms with E-state index >= 15 is 0 Å². The van der Waals surface area contributed by atoms with Crippen molar-refractivity contribution in [2.75, 3.05) is 12.4 Å². The lowest BCUT2D eigenvalue weighted by molar-refractivity contribution is -0.384. The summed E-state index contributed by atoms with van der Waals surface area (Å²) in [5.74, 6) is 0.755. The van der Waals surface area contributed by atoms with Crippen molar-refractivity contribution in [3.05, 3.63) is 64.2 Å². The van der Waals surface area contributed by atoms with Gasteiger partial charge < -0.3 is 10.1 Å². The number of methoxy groups -OCH3 is 1. The zero-order valence-electron chi connectivity index (χ0n) is 12.2. The van der Waals surface area contributed by atoms with Gasteiger partial charge in [-0.25, -0.2) is 0 Å². The molecule has 2 aromatic rings. The zero-order valence-corrected chi connectivity index (χ0v) is 13.0. The number of non-ortho nitro benzene ring substituents is 1. The molecule has 0 atom stereocenters. The van der Waals surface area contributed by atoms with Gasteiger partial charge in [-0.1, -0.05) is 0 Å². The van der Waals surface area contributed by atoms with Crippen LogP contribution in [0.25, 0.3) is 0 Å². The molecule has 2 aromatic carbocycles. The Hall–Kier alpha value is -3.00. The summed E-state index contributed by atoms with van der Waals surface area (Å²) in [6, 6.07) is 13.3. The highest BCUT2D eigenvalue weighted by molar-refractivity contribution is 7.80. The normalized spacial score (nSPS) is 10.3. The van der Waals surface area contributed by atoms with Gasteiger partial charge in [-0.15, -0.1) is 0 Å². The van der Waals surface area contributed by atoms with Gasteiger partial charge >= 0.3 is 0 Å². The number of thiocarbonyl (C=S) groups is 1. The third-order valence-electron chi connectivity index (χ3n) is 2.83. The van der Waals surface area contributed by atoms with Crippen LogP contribution in [-0.4, -0.2) is 23.4 Å². The van der Waals surface area contributed by atoms with Crippen LogP contribution in [0.4, 0.5) is 11.4 Å². The molecule has 0 aromatic heterocycles. The largest absolute Gasteiger partial charge is 0.497 e. The first-order chi connectivity index (χ1) is 11.1. The van der Waals surface area contributed by atoms with E-state index in [1.807, 2.05) is 24.3 Å². The Morgan fingerprint density at radius 1 is 1.22 bits per heavy atom. The number of benzene rings is 2. The molecule has 0 aliphatic carbocycles. The lowest BCUT2D eigenvalue weighted by Crippen LogP contribution is -2.23. The van der Waals surface area contributed by atoms with E-state index in [4.69, 9.17) is 17.0 Å². The van der Waals surface area contributed by atoms with Crippen LogP contribution in [0, 0.1) is 10.1 Å². The lowest BCUT2D eigenvalue weighted by atomic mass is 10.2. The van der Waals surface area contributed by atoms with Crippen molar-refractivity contribution in [2.45, 2.75) is 0 Å². The fourth-order valence-electron chi connectivity index (χ4n) is 1.68. The molecular weight excluding hydrogens is 316 g/mol. The molecule has 7 nitrogen and oxygen atoms in total. The van der Waals surface area contributed by atoms with Crippen LogP contribution < -0.4 is 15.5 Å². The van der Waals surface area contributed by atoms with Crippen molar-refractivity contribution in [3.8, 4) is 5.75 Å². The van der Waals surface area contributed by atoms with Gasteiger partial charge in [-0.3, -0.25) is 15.5 Å². The molecule has 0 heterocycles. The number of nitro benzene ring substituents is 1. The molecule has 8 heteroatoms. The molecule has 0 aliphatic heterocycles. The Labute approximate surface area is 138 Å². The predicted octanol–water partition coefficient (Wildman–Crippen LogP) is 2.92. The van der Waals surface area contributed by atoms with Crippen molar-refractivity contribution in [3.63, 3.8) is 0 Å². The summed E-state index contributed by atoms with van der Waals surface area (Å²) in [4.78, 5) is 10.1. The second-order valence-corrected chi connectivity index (χ2v) is 4.81. The second kappa shape index (κ2) is 7.85. The van der Waals surface area contributed by atoms with Gasteiger partial charge in [-0.05, 0) is 54.2 Å². The summed E-state index contributed by atoms with van der Waals surface area (Å²) < 4.78 is 5.07. The van der Waals surface area contributed by atoms with E-state index in [9.17, 15) is 10.1 Å². The van der Waals surface area contributed by atoms with Crippen molar-refractivity contribution in [1.29, 1.82) is 0 Å². The van der Waals surface area contributed by atoms with Gasteiger partial charge in [0.2, 0.25) is 0 Å². The van der Waals surface area contributed by atoms with Crippen LogP contribution >= 0.6 is 12.2 Å². The molecule has 0 radical (unpaired) electrons. The molecule has 0 fully saturated rings.